The first-order valence-corrected chi connectivity index (χ1v) is 56.5. The quantitative estimate of drug-likeness (QED) is 0.0192. The fourth-order valence-corrected chi connectivity index (χ4v) is 23.1. The summed E-state index contributed by atoms with van der Waals surface area (Å²) in [7, 11) is -28.2. The minimum Gasteiger partial charge on any atom is -0.383 e. The lowest BCUT2D eigenvalue weighted by Gasteiger charge is -2.28. The van der Waals surface area contributed by atoms with Crippen LogP contribution in [-0.2, 0) is 168 Å². The summed E-state index contributed by atoms with van der Waals surface area (Å²) >= 11 is 16.2. The molecular formula is C61H99N18O42P9S3. The molecule has 0 amide bonds. The van der Waals surface area contributed by atoms with Gasteiger partial charge in [0.2, 0.25) is 17.8 Å². The first kappa shape index (κ1) is 109. The van der Waals surface area contributed by atoms with Gasteiger partial charge in [-0.05, 0) is 99.8 Å². The number of nitrogens with two attached hydrogens (primary N) is 4. The minimum atomic E-state index is -5.20. The summed E-state index contributed by atoms with van der Waals surface area (Å²) in [6, 6.07) is 1.29. The van der Waals surface area contributed by atoms with Crippen molar-refractivity contribution >= 4 is 160 Å². The van der Waals surface area contributed by atoms with E-state index in [9.17, 15) is 90.6 Å². The molecule has 133 heavy (non-hydrogen) atoms. The molecule has 72 heteroatoms. The summed E-state index contributed by atoms with van der Waals surface area (Å²) in [6.07, 6.45) is -13.0. The number of methoxy groups -OCH3 is 1. The van der Waals surface area contributed by atoms with Gasteiger partial charge >= 0.3 is 72.8 Å². The average molecular weight is 2130 g/mol. The third-order valence-corrected chi connectivity index (χ3v) is 29.8. The van der Waals surface area contributed by atoms with Crippen LogP contribution in [0.3, 0.4) is 0 Å². The lowest BCUT2D eigenvalue weighted by molar-refractivity contribution is -0.0625. The Morgan fingerprint density at radius 1 is 0.421 bits per heavy atom. The second kappa shape index (κ2) is 46.7. The molecule has 11 heterocycles. The first-order chi connectivity index (χ1) is 62.4. The van der Waals surface area contributed by atoms with Gasteiger partial charge in [0, 0.05) is 32.6 Å². The van der Waals surface area contributed by atoms with Crippen molar-refractivity contribution in [2.24, 2.45) is 5.92 Å². The van der Waals surface area contributed by atoms with Crippen molar-refractivity contribution in [3.63, 3.8) is 0 Å². The van der Waals surface area contributed by atoms with Gasteiger partial charge in [0.25, 0.3) is 16.7 Å². The highest BCUT2D eigenvalue weighted by molar-refractivity contribution is 8.07. The second-order valence-electron chi connectivity index (χ2n) is 29.7. The van der Waals surface area contributed by atoms with Crippen molar-refractivity contribution < 1.29 is 177 Å². The van der Waals surface area contributed by atoms with Gasteiger partial charge in [-0.1, -0.05) is 13.8 Å². The number of anilines is 4. The Morgan fingerprint density at radius 3 is 1.10 bits per heavy atom. The number of hydrogen-bond acceptors (Lipinski definition) is 47. The van der Waals surface area contributed by atoms with Crippen LogP contribution in [0.25, 0.3) is 33.5 Å². The zero-order chi connectivity index (χ0) is 97.0. The second-order valence-corrected chi connectivity index (χ2v) is 46.7. The maximum Gasteiger partial charge on any atom is 0.472 e. The molecule has 0 spiro atoms. The maximum atomic E-state index is 13.7. The molecule has 0 aromatic carbocycles. The standard InChI is InChI=1S/C61H99N18O42P9S3/c1-33(2)23-35-36(24-43(113-35)77-30-66-46-51(77)70-58(63)73-54(46)80)119-128(96,131)112-28-40-38(26-45(115-40)79-32-68-48-53(79)72-60(65)75-56(48)82)120-129(97,132)111-27-39-37(25-44(114-39)78-31-67-47-52(78)71-59(64)74-55(47)81)118-127(94,95)109-22-10-20-107-125(90,91)105-18-8-16-103-123(86,87)101-14-6-13-100-122(84,85)102-15-7-17-104-124(88,89)106-19-9-21-108-126(92,93)110-29-41-49(121-130(98,133)117-34(3)4)50(99-5)57(116-41)76-12-11-42(62)69-61(76)83/h11-12,30-41,43-45,49-50,57H,6-10,13-29H2,1-5H3,(H,84,85)(H,86,87)(H,88,89)(H,90,91)(H,92,93)(H,94,95)(H,96,131)(H,97,132)(H,98,133)(H2,62,69,83)(H3,63,70,73,80)(H3,64,71,74,81)(H3,65,72,75,82)/t35-,36?,37?,38?,39-,40-,41-,43-,44-,45-,49?,50+,57-,128?,129?,130?/m1/s1. The number of aromatic nitrogens is 14. The lowest BCUT2D eigenvalue weighted by atomic mass is 10.0. The van der Waals surface area contributed by atoms with Gasteiger partial charge in [0.15, 0.2) is 39.7 Å². The topological polar surface area (TPSA) is 826 Å². The molecule has 20 N–H and O–H groups in total. The lowest BCUT2D eigenvalue weighted by Crippen LogP contribution is -2.39. The first-order valence-electron chi connectivity index (χ1n) is 39.8. The van der Waals surface area contributed by atoms with Gasteiger partial charge in [0.1, 0.15) is 61.1 Å². The number of nitrogens with zero attached hydrogens (tertiary/aromatic N) is 11. The Morgan fingerprint density at radius 2 is 0.752 bits per heavy atom. The molecule has 7 aromatic heterocycles. The molecule has 4 fully saturated rings. The van der Waals surface area contributed by atoms with Crippen LogP contribution in [0.15, 0.2) is 50.4 Å². The van der Waals surface area contributed by atoms with Crippen molar-refractivity contribution in [3.05, 3.63) is 72.8 Å². The number of phosphoric acid groups is 6. The Hall–Kier alpha value is -4.82. The van der Waals surface area contributed by atoms with Crippen molar-refractivity contribution in [1.82, 2.24) is 68.1 Å². The number of aromatic amines is 3. The highest BCUT2D eigenvalue weighted by atomic mass is 32.5. The monoisotopic (exact) mass is 2130 g/mol. The molecule has 7 aromatic rings. The predicted molar refractivity (Wildman–Crippen MR) is 465 cm³/mol. The summed E-state index contributed by atoms with van der Waals surface area (Å²) in [6.45, 7) is -14.0. The largest absolute Gasteiger partial charge is 0.472 e. The van der Waals surface area contributed by atoms with Crippen LogP contribution in [0.5, 0.6) is 0 Å². The molecule has 13 unspecified atom stereocenters. The number of fused-ring (bicyclic) bond motifs is 3. The summed E-state index contributed by atoms with van der Waals surface area (Å²) in [5.74, 6) is -0.837. The third kappa shape index (κ3) is 31.8. The molecule has 4 aliphatic heterocycles. The minimum absolute atomic E-state index is 0.00968. The van der Waals surface area contributed by atoms with Crippen LogP contribution in [0.4, 0.5) is 23.7 Å². The van der Waals surface area contributed by atoms with E-state index in [1.807, 2.05) is 13.8 Å². The van der Waals surface area contributed by atoms with Gasteiger partial charge in [-0.3, -0.25) is 106 Å². The number of nitrogen functional groups attached to an aromatic ring is 4. The van der Waals surface area contributed by atoms with Crippen LogP contribution in [-0.4, -0.2) is 266 Å². The Labute approximate surface area is 766 Å². The van der Waals surface area contributed by atoms with E-state index in [0.717, 1.165) is 10.9 Å². The molecule has 4 aliphatic rings. The molecule has 60 nitrogen and oxygen atoms in total. The van der Waals surface area contributed by atoms with Crippen molar-refractivity contribution in [1.29, 1.82) is 0 Å². The molecule has 0 saturated carbocycles. The Balaban J connectivity index is 0.575. The average Bonchev–Trinajstić information content (AvgIpc) is 1.64. The third-order valence-electron chi connectivity index (χ3n) is 18.8. The summed E-state index contributed by atoms with van der Waals surface area (Å²) < 4.78 is 207. The number of H-pyrrole nitrogens is 3. The summed E-state index contributed by atoms with van der Waals surface area (Å²) in [5, 5.41) is 0. The van der Waals surface area contributed by atoms with E-state index >= 15 is 0 Å². The van der Waals surface area contributed by atoms with Crippen molar-refractivity contribution in [3.8, 4) is 0 Å². The zero-order valence-corrected chi connectivity index (χ0v) is 81.1. The van der Waals surface area contributed by atoms with Crippen LogP contribution in [0, 0.1) is 5.92 Å². The molecule has 0 radical (unpaired) electrons. The fraction of sp³-hybridized carbons (Fsp3) is 0.689. The van der Waals surface area contributed by atoms with Gasteiger partial charge in [-0.2, -0.15) is 19.9 Å². The zero-order valence-electron chi connectivity index (χ0n) is 70.6. The van der Waals surface area contributed by atoms with Crippen LogP contribution >= 0.6 is 67.1 Å². The van der Waals surface area contributed by atoms with E-state index in [1.54, 1.807) is 13.8 Å². The van der Waals surface area contributed by atoms with Gasteiger partial charge in [-0.15, -0.1) is 0 Å². The molecule has 11 rings (SSSR count). The van der Waals surface area contributed by atoms with E-state index in [0.29, 0.717) is 6.42 Å². The molecule has 0 aliphatic carbocycles. The summed E-state index contributed by atoms with van der Waals surface area (Å²) in [4.78, 5) is 183. The van der Waals surface area contributed by atoms with E-state index in [4.69, 9.17) is 163 Å². The van der Waals surface area contributed by atoms with Crippen LogP contribution in [0.2, 0.25) is 0 Å². The van der Waals surface area contributed by atoms with Crippen LogP contribution < -0.4 is 45.3 Å². The van der Waals surface area contributed by atoms with Crippen molar-refractivity contribution in [2.75, 3.05) is 116 Å². The van der Waals surface area contributed by atoms with Crippen LogP contribution in [0.1, 0.15) is 110 Å². The highest BCUT2D eigenvalue weighted by Gasteiger charge is 2.52. The van der Waals surface area contributed by atoms with E-state index in [2.05, 4.69) is 49.8 Å². The maximum absolute atomic E-state index is 13.7. The Kier molecular flexibility index (Phi) is 38.1. The number of imidazole rings is 3. The molecule has 748 valence electrons. The molecule has 0 bridgehead atoms. The number of rotatable bonds is 56. The van der Waals surface area contributed by atoms with E-state index < -0.39 is 261 Å². The van der Waals surface area contributed by atoms with Gasteiger partial charge < -0.3 is 113 Å². The number of nitrogens with one attached hydrogen (secondary N) is 3. The highest BCUT2D eigenvalue weighted by Crippen LogP contribution is 2.57. The molecule has 22 atom stereocenters. The predicted octanol–water partition coefficient (Wildman–Crippen LogP) is 3.18. The SMILES string of the molecule is CO[C@H]1C(OP(O)(=S)OC(C)C)[C@@H](COP(=O)(O)OCCCOP(=O)(O)OCCCOP(=O)(O)OCCCOP(=O)(O)OCCCOP(=O)(O)OCCCOP(=O)(O)OC2C[C@H](n3cnc4c(=O)[nH]c(N)nc43)O[C@@H]2COP(O)(=S)OC2C[C@H](n3cnc4c(=O)[nH]c(N)nc43)O[C@@H]2COP(O)(=S)OC2C[C@H](n3cnc4c(=O)[nH]c(N)nc43)O[C@@H]2CC(C)C)O[C@H]1n1ccc(N)nc1=O. The molecule has 4 saturated heterocycles. The summed E-state index contributed by atoms with van der Waals surface area (Å²) in [5.41, 5.74) is 20.0. The van der Waals surface area contributed by atoms with Gasteiger partial charge in [0.05, 0.1) is 129 Å². The van der Waals surface area contributed by atoms with Gasteiger partial charge in [-0.25, -0.2) is 47.1 Å². The number of ether oxygens (including phenoxy) is 5. The normalized spacial score (nSPS) is 26.1. The Bertz CT molecular complexity index is 5880. The molecular weight excluding hydrogens is 2030 g/mol. The van der Waals surface area contributed by atoms with Crippen molar-refractivity contribution in [2.45, 2.75) is 171 Å². The number of phosphoric ester groups is 6. The van der Waals surface area contributed by atoms with E-state index in [1.165, 1.54) is 45.7 Å². The number of hydrogen-bond donors (Lipinski definition) is 16. The fourth-order valence-electron chi connectivity index (χ4n) is 13.3. The van der Waals surface area contributed by atoms with E-state index in [-0.39, 0.29) is 114 Å². The smallest absolute Gasteiger partial charge is 0.383 e.